The summed E-state index contributed by atoms with van der Waals surface area (Å²) in [6, 6.07) is 8.34. The van der Waals surface area contributed by atoms with Crippen LogP contribution < -0.4 is 10.1 Å². The summed E-state index contributed by atoms with van der Waals surface area (Å²) in [4.78, 5) is 18.9. The molecule has 27 heavy (non-hydrogen) atoms. The summed E-state index contributed by atoms with van der Waals surface area (Å²) in [6.45, 7) is 8.95. The quantitative estimate of drug-likeness (QED) is 0.852. The lowest BCUT2D eigenvalue weighted by atomic mass is 10.0. The SMILES string of the molecule is Cc1ccc(C)c(OCC(=O)N[C@@H]2CCCN(Cc3cccnc3)C2)c1C. The lowest BCUT2D eigenvalue weighted by Crippen LogP contribution is -2.48. The number of likely N-dealkylation sites (tertiary alicyclic amines) is 1. The molecule has 144 valence electrons. The smallest absolute Gasteiger partial charge is 0.258 e. The fourth-order valence-electron chi connectivity index (χ4n) is 3.62. The van der Waals surface area contributed by atoms with Gasteiger partial charge in [-0.15, -0.1) is 0 Å². The van der Waals surface area contributed by atoms with E-state index in [0.717, 1.165) is 49.4 Å². The van der Waals surface area contributed by atoms with Gasteiger partial charge in [-0.1, -0.05) is 18.2 Å². The highest BCUT2D eigenvalue weighted by molar-refractivity contribution is 5.78. The Balaban J connectivity index is 1.50. The number of hydrogen-bond acceptors (Lipinski definition) is 4. The fraction of sp³-hybridized carbons (Fsp3) is 0.455. The number of nitrogens with one attached hydrogen (secondary N) is 1. The van der Waals surface area contributed by atoms with E-state index < -0.39 is 0 Å². The van der Waals surface area contributed by atoms with Crippen molar-refractivity contribution >= 4 is 5.91 Å². The molecule has 0 spiro atoms. The maximum absolute atomic E-state index is 12.4. The number of benzene rings is 1. The molecule has 5 heteroatoms. The van der Waals surface area contributed by atoms with Crippen molar-refractivity contribution in [1.82, 2.24) is 15.2 Å². The van der Waals surface area contributed by atoms with Crippen molar-refractivity contribution < 1.29 is 9.53 Å². The van der Waals surface area contributed by atoms with Crippen LogP contribution in [0.25, 0.3) is 0 Å². The first-order valence-electron chi connectivity index (χ1n) is 9.63. The number of ether oxygens (including phenoxy) is 1. The van der Waals surface area contributed by atoms with Crippen LogP contribution in [0.5, 0.6) is 5.75 Å². The molecular weight excluding hydrogens is 338 g/mol. The van der Waals surface area contributed by atoms with Gasteiger partial charge in [0.15, 0.2) is 6.61 Å². The Labute approximate surface area is 161 Å². The molecule has 0 unspecified atom stereocenters. The minimum atomic E-state index is -0.0523. The fourth-order valence-corrected chi connectivity index (χ4v) is 3.62. The van der Waals surface area contributed by atoms with E-state index in [1.54, 1.807) is 6.20 Å². The van der Waals surface area contributed by atoms with Crippen molar-refractivity contribution in [3.05, 3.63) is 58.9 Å². The summed E-state index contributed by atoms with van der Waals surface area (Å²) in [5, 5.41) is 3.14. The number of aryl methyl sites for hydroxylation is 2. The zero-order chi connectivity index (χ0) is 19.2. The van der Waals surface area contributed by atoms with Crippen LogP contribution in [0, 0.1) is 20.8 Å². The number of rotatable bonds is 6. The molecule has 1 aromatic carbocycles. The van der Waals surface area contributed by atoms with Crippen LogP contribution in [0.4, 0.5) is 0 Å². The Morgan fingerprint density at radius 1 is 1.26 bits per heavy atom. The van der Waals surface area contributed by atoms with Crippen molar-refractivity contribution in [3.63, 3.8) is 0 Å². The van der Waals surface area contributed by atoms with Gasteiger partial charge in [0, 0.05) is 31.5 Å². The van der Waals surface area contributed by atoms with E-state index in [4.69, 9.17) is 4.74 Å². The van der Waals surface area contributed by atoms with Crippen LogP contribution in [0.2, 0.25) is 0 Å². The van der Waals surface area contributed by atoms with E-state index in [1.165, 1.54) is 11.1 Å². The van der Waals surface area contributed by atoms with E-state index in [0.29, 0.717) is 0 Å². The van der Waals surface area contributed by atoms with Crippen molar-refractivity contribution in [2.75, 3.05) is 19.7 Å². The van der Waals surface area contributed by atoms with Crippen molar-refractivity contribution in [2.24, 2.45) is 0 Å². The number of hydrogen-bond donors (Lipinski definition) is 1. The van der Waals surface area contributed by atoms with Crippen LogP contribution in [0.15, 0.2) is 36.7 Å². The minimum absolute atomic E-state index is 0.0523. The molecule has 0 radical (unpaired) electrons. The zero-order valence-corrected chi connectivity index (χ0v) is 16.5. The average molecular weight is 367 g/mol. The van der Waals surface area contributed by atoms with Crippen LogP contribution in [-0.4, -0.2) is 41.5 Å². The predicted molar refractivity (Wildman–Crippen MR) is 107 cm³/mol. The molecule has 2 heterocycles. The molecule has 1 atom stereocenters. The molecule has 1 aliphatic heterocycles. The average Bonchev–Trinajstić information content (AvgIpc) is 2.66. The van der Waals surface area contributed by atoms with Crippen LogP contribution >= 0.6 is 0 Å². The first kappa shape index (κ1) is 19.4. The van der Waals surface area contributed by atoms with Gasteiger partial charge >= 0.3 is 0 Å². The number of pyridine rings is 1. The standard InChI is InChI=1S/C22H29N3O2/c1-16-8-9-17(2)22(18(16)3)27-15-21(26)24-20-7-5-11-25(14-20)13-19-6-4-10-23-12-19/h4,6,8-10,12,20H,5,7,11,13-15H2,1-3H3,(H,24,26)/t20-/m1/s1. The van der Waals surface area contributed by atoms with Crippen LogP contribution in [0.1, 0.15) is 35.1 Å². The molecule has 0 saturated carbocycles. The van der Waals surface area contributed by atoms with Gasteiger partial charge in [0.25, 0.3) is 5.91 Å². The summed E-state index contributed by atoms with van der Waals surface area (Å²) in [7, 11) is 0. The van der Waals surface area contributed by atoms with Gasteiger partial charge in [0.1, 0.15) is 5.75 Å². The second-order valence-electron chi connectivity index (χ2n) is 7.45. The monoisotopic (exact) mass is 367 g/mol. The van der Waals surface area contributed by atoms with Gasteiger partial charge in [-0.3, -0.25) is 14.7 Å². The zero-order valence-electron chi connectivity index (χ0n) is 16.5. The summed E-state index contributed by atoms with van der Waals surface area (Å²) in [6.07, 6.45) is 5.79. The minimum Gasteiger partial charge on any atom is -0.483 e. The molecule has 1 amide bonds. The topological polar surface area (TPSA) is 54.5 Å². The first-order chi connectivity index (χ1) is 13.0. The molecule has 1 aromatic heterocycles. The van der Waals surface area contributed by atoms with Gasteiger partial charge in [-0.05, 0) is 68.5 Å². The Morgan fingerprint density at radius 2 is 2.07 bits per heavy atom. The third kappa shape index (κ3) is 5.30. The van der Waals surface area contributed by atoms with Crippen LogP contribution in [-0.2, 0) is 11.3 Å². The number of aromatic nitrogens is 1. The molecule has 1 fully saturated rings. The highest BCUT2D eigenvalue weighted by Gasteiger charge is 2.22. The third-order valence-electron chi connectivity index (χ3n) is 5.22. The molecule has 1 saturated heterocycles. The van der Waals surface area contributed by atoms with Crippen molar-refractivity contribution in [1.29, 1.82) is 0 Å². The number of carbonyl (C=O) groups excluding carboxylic acids is 1. The lowest BCUT2D eigenvalue weighted by Gasteiger charge is -2.33. The van der Waals surface area contributed by atoms with E-state index in [2.05, 4.69) is 34.3 Å². The summed E-state index contributed by atoms with van der Waals surface area (Å²) in [5.74, 6) is 0.774. The van der Waals surface area contributed by atoms with Gasteiger partial charge in [-0.2, -0.15) is 0 Å². The Morgan fingerprint density at radius 3 is 2.85 bits per heavy atom. The molecule has 2 aromatic rings. The highest BCUT2D eigenvalue weighted by atomic mass is 16.5. The number of carbonyl (C=O) groups is 1. The Bertz CT molecular complexity index is 777. The lowest BCUT2D eigenvalue weighted by molar-refractivity contribution is -0.124. The molecule has 3 rings (SSSR count). The largest absolute Gasteiger partial charge is 0.483 e. The Hall–Kier alpha value is -2.40. The summed E-state index contributed by atoms with van der Waals surface area (Å²) >= 11 is 0. The van der Waals surface area contributed by atoms with Crippen molar-refractivity contribution in [3.8, 4) is 5.75 Å². The maximum atomic E-state index is 12.4. The molecule has 1 N–H and O–H groups in total. The summed E-state index contributed by atoms with van der Waals surface area (Å²) in [5.41, 5.74) is 4.54. The van der Waals surface area contributed by atoms with Gasteiger partial charge < -0.3 is 10.1 Å². The number of piperidine rings is 1. The number of nitrogens with zero attached hydrogens (tertiary/aromatic N) is 2. The first-order valence-corrected chi connectivity index (χ1v) is 9.63. The van der Waals surface area contributed by atoms with Gasteiger partial charge in [-0.25, -0.2) is 0 Å². The molecule has 0 bridgehead atoms. The molecular formula is C22H29N3O2. The van der Waals surface area contributed by atoms with E-state index >= 15 is 0 Å². The van der Waals surface area contributed by atoms with E-state index in [1.807, 2.05) is 32.2 Å². The molecule has 1 aliphatic rings. The van der Waals surface area contributed by atoms with Crippen molar-refractivity contribution in [2.45, 2.75) is 46.2 Å². The second-order valence-corrected chi connectivity index (χ2v) is 7.45. The Kier molecular flexibility index (Phi) is 6.45. The predicted octanol–water partition coefficient (Wildman–Crippen LogP) is 3.17. The maximum Gasteiger partial charge on any atom is 0.258 e. The number of amides is 1. The third-order valence-corrected chi connectivity index (χ3v) is 5.22. The van der Waals surface area contributed by atoms with Gasteiger partial charge in [0.2, 0.25) is 0 Å². The molecule has 5 nitrogen and oxygen atoms in total. The van der Waals surface area contributed by atoms with Crippen LogP contribution in [0.3, 0.4) is 0 Å². The van der Waals surface area contributed by atoms with E-state index in [9.17, 15) is 4.79 Å². The second kappa shape index (κ2) is 9.00. The van der Waals surface area contributed by atoms with Gasteiger partial charge in [0.05, 0.1) is 0 Å². The summed E-state index contributed by atoms with van der Waals surface area (Å²) < 4.78 is 5.84. The molecule has 0 aliphatic carbocycles. The highest BCUT2D eigenvalue weighted by Crippen LogP contribution is 2.25. The normalized spacial score (nSPS) is 17.5. The van der Waals surface area contributed by atoms with E-state index in [-0.39, 0.29) is 18.6 Å².